The molecular weight excluding hydrogens is 441 g/mol. The molecule has 3 aromatic rings. The molecule has 172 valence electrons. The van der Waals surface area contributed by atoms with Crippen LogP contribution in [0.3, 0.4) is 0 Å². The van der Waals surface area contributed by atoms with Crippen LogP contribution < -0.4 is 16.0 Å². The molecule has 2 aliphatic heterocycles. The maximum atomic E-state index is 16.1. The van der Waals surface area contributed by atoms with Crippen LogP contribution in [0.1, 0.15) is 19.5 Å². The van der Waals surface area contributed by atoms with Crippen molar-refractivity contribution >= 4 is 34.1 Å². The van der Waals surface area contributed by atoms with Crippen LogP contribution in [-0.4, -0.2) is 28.6 Å². The lowest BCUT2D eigenvalue weighted by Crippen LogP contribution is -2.37. The van der Waals surface area contributed by atoms with Gasteiger partial charge >= 0.3 is 0 Å². The first-order valence-corrected chi connectivity index (χ1v) is 10.6. The van der Waals surface area contributed by atoms with Gasteiger partial charge in [-0.3, -0.25) is 0 Å². The van der Waals surface area contributed by atoms with Gasteiger partial charge < -0.3 is 16.0 Å². The lowest BCUT2D eigenvalue weighted by Gasteiger charge is -2.33. The predicted octanol–water partition coefficient (Wildman–Crippen LogP) is 5.62. The van der Waals surface area contributed by atoms with E-state index in [1.54, 1.807) is 43.4 Å². The summed E-state index contributed by atoms with van der Waals surface area (Å²) in [5, 5.41) is 9.29. The molecule has 1 unspecified atom stereocenters. The van der Waals surface area contributed by atoms with E-state index in [9.17, 15) is 0 Å². The Labute approximate surface area is 194 Å². The van der Waals surface area contributed by atoms with Gasteiger partial charge in [-0.25, -0.2) is 23.7 Å². The average Bonchev–Trinajstić information content (AvgIpc) is 2.83. The highest BCUT2D eigenvalue weighted by molar-refractivity contribution is 6.08. The quantitative estimate of drug-likeness (QED) is 0.469. The molecule has 1 atom stereocenters. The monoisotopic (exact) mass is 462 g/mol. The van der Waals surface area contributed by atoms with Gasteiger partial charge in [-0.15, -0.1) is 0 Å². The molecule has 2 aliphatic rings. The minimum atomic E-state index is -2.73. The van der Waals surface area contributed by atoms with E-state index < -0.39 is 17.5 Å². The number of hydrogen-bond donors (Lipinski definition) is 3. The minimum absolute atomic E-state index is 0.0803. The highest BCUT2D eigenvalue weighted by Gasteiger charge is 2.47. The molecule has 3 heterocycles. The summed E-state index contributed by atoms with van der Waals surface area (Å²) in [5.41, 5.74) is -1.83. The van der Waals surface area contributed by atoms with E-state index in [2.05, 4.69) is 30.9 Å². The van der Waals surface area contributed by atoms with Crippen molar-refractivity contribution in [2.45, 2.75) is 19.5 Å². The fourth-order valence-electron chi connectivity index (χ4n) is 4.08. The highest BCUT2D eigenvalue weighted by atomic mass is 19.2. The second-order valence-corrected chi connectivity index (χ2v) is 8.10. The number of fused-ring (bicyclic) bond motifs is 2. The molecule has 6 nitrogen and oxygen atoms in total. The number of aliphatic imine (C=N–C) groups is 1. The molecule has 0 saturated heterocycles. The van der Waals surface area contributed by atoms with E-state index in [4.69, 9.17) is 0 Å². The van der Waals surface area contributed by atoms with Crippen LogP contribution in [0.25, 0.3) is 16.5 Å². The number of dihydropyridines is 2. The van der Waals surface area contributed by atoms with Crippen LogP contribution in [0.2, 0.25) is 0 Å². The van der Waals surface area contributed by atoms with E-state index in [0.717, 1.165) is 6.92 Å². The van der Waals surface area contributed by atoms with Crippen molar-refractivity contribution in [3.63, 3.8) is 0 Å². The SMILES string of the molecule is CNc1nc(C2=C3C(F)=C(C)NC(Nc4ccccc4)=C3N=C(F)C2(C)F)c2ccccc2n1. The molecule has 0 saturated carbocycles. The average molecular weight is 462 g/mol. The third kappa shape index (κ3) is 3.40. The predicted molar refractivity (Wildman–Crippen MR) is 128 cm³/mol. The molecule has 2 aromatic carbocycles. The fraction of sp³-hybridized carbons (Fsp3) is 0.160. The van der Waals surface area contributed by atoms with Gasteiger partial charge in [0.2, 0.25) is 17.6 Å². The number of halogens is 3. The van der Waals surface area contributed by atoms with Gasteiger partial charge in [-0.2, -0.15) is 4.39 Å². The zero-order valence-corrected chi connectivity index (χ0v) is 18.7. The van der Waals surface area contributed by atoms with Crippen LogP contribution in [0.5, 0.6) is 0 Å². The number of rotatable bonds is 4. The molecule has 3 N–H and O–H groups in total. The molecular formula is C25H21F3N6. The number of alkyl halides is 1. The Kier molecular flexibility index (Phi) is 5.11. The van der Waals surface area contributed by atoms with E-state index >= 15 is 13.2 Å². The summed E-state index contributed by atoms with van der Waals surface area (Å²) >= 11 is 0. The molecule has 0 fully saturated rings. The van der Waals surface area contributed by atoms with Gasteiger partial charge in [0.1, 0.15) is 11.5 Å². The van der Waals surface area contributed by atoms with Crippen molar-refractivity contribution in [2.24, 2.45) is 4.99 Å². The topological polar surface area (TPSA) is 74.2 Å². The van der Waals surface area contributed by atoms with Gasteiger partial charge in [0, 0.05) is 23.7 Å². The van der Waals surface area contributed by atoms with Crippen LogP contribution in [0.15, 0.2) is 88.2 Å². The van der Waals surface area contributed by atoms with Gasteiger partial charge in [-0.1, -0.05) is 36.4 Å². The second kappa shape index (κ2) is 8.02. The Hall–Kier alpha value is -4.14. The summed E-state index contributed by atoms with van der Waals surface area (Å²) in [7, 11) is 1.62. The Balaban J connectivity index is 1.85. The number of nitrogens with zero attached hydrogens (tertiary/aromatic N) is 3. The second-order valence-electron chi connectivity index (χ2n) is 8.10. The Morgan fingerprint density at radius 1 is 0.971 bits per heavy atom. The first kappa shape index (κ1) is 21.7. The first-order valence-electron chi connectivity index (χ1n) is 10.6. The summed E-state index contributed by atoms with van der Waals surface area (Å²) in [4.78, 5) is 12.7. The normalized spacial score (nSPS) is 20.2. The van der Waals surface area contributed by atoms with Crippen molar-refractivity contribution in [2.75, 3.05) is 17.7 Å². The highest BCUT2D eigenvalue weighted by Crippen LogP contribution is 2.48. The maximum Gasteiger partial charge on any atom is 0.231 e. The lowest BCUT2D eigenvalue weighted by atomic mass is 9.83. The molecule has 9 heteroatoms. The van der Waals surface area contributed by atoms with E-state index in [-0.39, 0.29) is 40.0 Å². The third-order valence-electron chi connectivity index (χ3n) is 5.76. The number of anilines is 2. The Bertz CT molecular complexity index is 1440. The van der Waals surface area contributed by atoms with Crippen molar-refractivity contribution < 1.29 is 13.2 Å². The standard InChI is InChI=1S/C25H21F3N6/c1-13-19(26)17-18(20-15-11-7-8-12-16(15)32-24(29-3)34-20)25(2,28)23(27)33-21(17)22(30-13)31-14-9-5-4-6-10-14/h4-12,30-31H,1-3H3,(H,29,32,34). The number of aromatic nitrogens is 2. The minimum Gasteiger partial charge on any atom is -0.357 e. The maximum absolute atomic E-state index is 16.1. The number of nitrogens with one attached hydrogen (secondary N) is 3. The van der Waals surface area contributed by atoms with Crippen molar-refractivity contribution in [1.29, 1.82) is 0 Å². The summed E-state index contributed by atoms with van der Waals surface area (Å²) in [6.07, 6.45) is 0. The largest absolute Gasteiger partial charge is 0.357 e. The summed E-state index contributed by atoms with van der Waals surface area (Å²) in [5.74, 6) is -1.60. The molecule has 34 heavy (non-hydrogen) atoms. The number of hydrogen-bond acceptors (Lipinski definition) is 6. The molecule has 0 bridgehead atoms. The zero-order valence-electron chi connectivity index (χ0n) is 18.7. The summed E-state index contributed by atoms with van der Waals surface area (Å²) in [6.45, 7) is 2.54. The van der Waals surface area contributed by atoms with Crippen molar-refractivity contribution in [3.05, 3.63) is 88.9 Å². The lowest BCUT2D eigenvalue weighted by molar-refractivity contribution is 0.338. The van der Waals surface area contributed by atoms with Crippen molar-refractivity contribution in [3.8, 4) is 0 Å². The summed E-state index contributed by atoms with van der Waals surface area (Å²) < 4.78 is 47.0. The molecule has 0 spiro atoms. The van der Waals surface area contributed by atoms with Crippen LogP contribution in [0.4, 0.5) is 24.8 Å². The molecule has 0 radical (unpaired) electrons. The first-order chi connectivity index (χ1) is 16.3. The fourth-order valence-corrected chi connectivity index (χ4v) is 4.08. The molecule has 0 amide bonds. The van der Waals surface area contributed by atoms with E-state index in [1.807, 2.05) is 18.2 Å². The van der Waals surface area contributed by atoms with Crippen LogP contribution in [-0.2, 0) is 0 Å². The van der Waals surface area contributed by atoms with Crippen LogP contribution in [0, 0.1) is 0 Å². The Morgan fingerprint density at radius 3 is 2.41 bits per heavy atom. The molecule has 1 aromatic heterocycles. The number of benzene rings is 2. The smallest absolute Gasteiger partial charge is 0.231 e. The van der Waals surface area contributed by atoms with Crippen molar-refractivity contribution in [1.82, 2.24) is 15.3 Å². The zero-order chi connectivity index (χ0) is 24.0. The van der Waals surface area contributed by atoms with E-state index in [1.165, 1.54) is 6.92 Å². The van der Waals surface area contributed by atoms with Gasteiger partial charge in [0.05, 0.1) is 22.5 Å². The summed E-state index contributed by atoms with van der Waals surface area (Å²) in [6, 6.07) is 16.0. The third-order valence-corrected chi connectivity index (χ3v) is 5.76. The number of para-hydroxylation sites is 2. The molecule has 5 rings (SSSR count). The van der Waals surface area contributed by atoms with Gasteiger partial charge in [0.25, 0.3) is 0 Å². The Morgan fingerprint density at radius 2 is 1.68 bits per heavy atom. The van der Waals surface area contributed by atoms with Gasteiger partial charge in [0.15, 0.2) is 5.83 Å². The molecule has 0 aliphatic carbocycles. The number of allylic oxidation sites excluding steroid dienone is 3. The van der Waals surface area contributed by atoms with Crippen LogP contribution >= 0.6 is 0 Å². The van der Waals surface area contributed by atoms with Gasteiger partial charge in [-0.05, 0) is 32.0 Å². The van der Waals surface area contributed by atoms with E-state index in [0.29, 0.717) is 16.6 Å².